The SMILES string of the molecule is CC(C)(C)C(=O)NC1CCN(C2CCCCC2)C1. The van der Waals surface area contributed by atoms with E-state index in [0.717, 1.165) is 19.0 Å². The van der Waals surface area contributed by atoms with Gasteiger partial charge in [-0.15, -0.1) is 0 Å². The monoisotopic (exact) mass is 252 g/mol. The Morgan fingerprint density at radius 1 is 1.11 bits per heavy atom. The van der Waals surface area contributed by atoms with Gasteiger partial charge in [0.25, 0.3) is 0 Å². The van der Waals surface area contributed by atoms with Gasteiger partial charge in [0, 0.05) is 30.6 Å². The van der Waals surface area contributed by atoms with Crippen molar-refractivity contribution in [2.45, 2.75) is 71.4 Å². The lowest BCUT2D eigenvalue weighted by Gasteiger charge is -2.31. The van der Waals surface area contributed by atoms with Crippen LogP contribution in [0.3, 0.4) is 0 Å². The molecule has 1 saturated carbocycles. The van der Waals surface area contributed by atoms with Crippen LogP contribution in [0.25, 0.3) is 0 Å². The van der Waals surface area contributed by atoms with E-state index in [-0.39, 0.29) is 11.3 Å². The zero-order chi connectivity index (χ0) is 13.2. The number of hydrogen-bond acceptors (Lipinski definition) is 2. The summed E-state index contributed by atoms with van der Waals surface area (Å²) in [6.45, 7) is 8.18. The van der Waals surface area contributed by atoms with Gasteiger partial charge in [-0.25, -0.2) is 0 Å². The van der Waals surface area contributed by atoms with Gasteiger partial charge < -0.3 is 5.32 Å². The molecule has 2 aliphatic rings. The molecule has 0 aromatic carbocycles. The highest BCUT2D eigenvalue weighted by molar-refractivity contribution is 5.81. The van der Waals surface area contributed by atoms with Crippen LogP contribution in [0, 0.1) is 5.41 Å². The predicted octanol–water partition coefficient (Wildman–Crippen LogP) is 2.56. The highest BCUT2D eigenvalue weighted by Gasteiger charge is 2.31. The van der Waals surface area contributed by atoms with Gasteiger partial charge in [0.15, 0.2) is 0 Å². The second kappa shape index (κ2) is 5.60. The number of carbonyl (C=O) groups excluding carboxylic acids is 1. The van der Waals surface area contributed by atoms with Crippen LogP contribution in [-0.2, 0) is 4.79 Å². The highest BCUT2D eigenvalue weighted by atomic mass is 16.2. The van der Waals surface area contributed by atoms with E-state index < -0.39 is 0 Å². The molecule has 1 aliphatic heterocycles. The molecule has 0 radical (unpaired) electrons. The molecule has 0 aromatic heterocycles. The summed E-state index contributed by atoms with van der Waals surface area (Å²) in [6, 6.07) is 1.16. The van der Waals surface area contributed by atoms with Crippen LogP contribution in [0.5, 0.6) is 0 Å². The zero-order valence-electron chi connectivity index (χ0n) is 12.2. The minimum atomic E-state index is -0.266. The number of hydrogen-bond donors (Lipinski definition) is 1. The molecule has 3 heteroatoms. The standard InChI is InChI=1S/C15H28N2O/c1-15(2,3)14(18)16-12-9-10-17(11-12)13-7-5-4-6-8-13/h12-13H,4-11H2,1-3H3,(H,16,18). The lowest BCUT2D eigenvalue weighted by atomic mass is 9.94. The minimum Gasteiger partial charge on any atom is -0.352 e. The summed E-state index contributed by atoms with van der Waals surface area (Å²) in [6.07, 6.45) is 8.03. The van der Waals surface area contributed by atoms with Gasteiger partial charge in [0.2, 0.25) is 5.91 Å². The van der Waals surface area contributed by atoms with Gasteiger partial charge in [-0.1, -0.05) is 40.0 Å². The molecular weight excluding hydrogens is 224 g/mol. The maximum absolute atomic E-state index is 12.0. The Kier molecular flexibility index (Phi) is 4.31. The summed E-state index contributed by atoms with van der Waals surface area (Å²) < 4.78 is 0. The van der Waals surface area contributed by atoms with Gasteiger partial charge in [-0.3, -0.25) is 9.69 Å². The third-order valence-corrected chi connectivity index (χ3v) is 4.33. The summed E-state index contributed by atoms with van der Waals surface area (Å²) in [4.78, 5) is 14.6. The number of carbonyl (C=O) groups is 1. The molecular formula is C15H28N2O. The molecule has 0 aromatic rings. The van der Waals surface area contributed by atoms with Gasteiger partial charge >= 0.3 is 0 Å². The first-order valence-electron chi connectivity index (χ1n) is 7.52. The number of likely N-dealkylation sites (tertiary alicyclic amines) is 1. The van der Waals surface area contributed by atoms with Gasteiger partial charge in [-0.05, 0) is 19.3 Å². The Hall–Kier alpha value is -0.570. The molecule has 1 saturated heterocycles. The van der Waals surface area contributed by atoms with Crippen LogP contribution in [0.2, 0.25) is 0 Å². The molecule has 1 atom stereocenters. The van der Waals surface area contributed by atoms with Crippen molar-refractivity contribution in [3.05, 3.63) is 0 Å². The fourth-order valence-corrected chi connectivity index (χ4v) is 3.08. The Bertz CT molecular complexity index is 289. The van der Waals surface area contributed by atoms with Crippen LogP contribution in [-0.4, -0.2) is 36.0 Å². The molecule has 1 N–H and O–H groups in total. The number of nitrogens with zero attached hydrogens (tertiary/aromatic N) is 1. The average molecular weight is 252 g/mol. The lowest BCUT2D eigenvalue weighted by molar-refractivity contribution is -0.129. The zero-order valence-corrected chi connectivity index (χ0v) is 12.2. The van der Waals surface area contributed by atoms with E-state index in [9.17, 15) is 4.79 Å². The van der Waals surface area contributed by atoms with Gasteiger partial charge in [0.05, 0.1) is 0 Å². The smallest absolute Gasteiger partial charge is 0.225 e. The topological polar surface area (TPSA) is 32.3 Å². The minimum absolute atomic E-state index is 0.193. The lowest BCUT2D eigenvalue weighted by Crippen LogP contribution is -2.44. The Balaban J connectivity index is 1.79. The molecule has 2 rings (SSSR count). The van der Waals surface area contributed by atoms with Crippen molar-refractivity contribution >= 4 is 5.91 Å². The van der Waals surface area contributed by atoms with Crippen molar-refractivity contribution in [2.75, 3.05) is 13.1 Å². The van der Waals surface area contributed by atoms with Gasteiger partial charge in [-0.2, -0.15) is 0 Å². The molecule has 18 heavy (non-hydrogen) atoms. The van der Waals surface area contributed by atoms with Crippen molar-refractivity contribution in [1.29, 1.82) is 0 Å². The quantitative estimate of drug-likeness (QED) is 0.819. The van der Waals surface area contributed by atoms with Crippen molar-refractivity contribution in [3.63, 3.8) is 0 Å². The summed E-state index contributed by atoms with van der Waals surface area (Å²) in [5.41, 5.74) is -0.266. The molecule has 1 amide bonds. The Morgan fingerprint density at radius 2 is 1.78 bits per heavy atom. The van der Waals surface area contributed by atoms with Crippen LogP contribution in [0.4, 0.5) is 0 Å². The van der Waals surface area contributed by atoms with Crippen molar-refractivity contribution in [1.82, 2.24) is 10.2 Å². The number of nitrogens with one attached hydrogen (secondary N) is 1. The molecule has 1 unspecified atom stereocenters. The van der Waals surface area contributed by atoms with Gasteiger partial charge in [0.1, 0.15) is 0 Å². The summed E-state index contributed by atoms with van der Waals surface area (Å²) in [5, 5.41) is 3.21. The fourth-order valence-electron chi connectivity index (χ4n) is 3.08. The average Bonchev–Trinajstić information content (AvgIpc) is 2.77. The molecule has 0 bridgehead atoms. The highest BCUT2D eigenvalue weighted by Crippen LogP contribution is 2.26. The first-order chi connectivity index (χ1) is 8.47. The van der Waals surface area contributed by atoms with Crippen molar-refractivity contribution in [3.8, 4) is 0 Å². The number of amides is 1. The Morgan fingerprint density at radius 3 is 2.39 bits per heavy atom. The largest absolute Gasteiger partial charge is 0.352 e. The number of rotatable bonds is 2. The van der Waals surface area contributed by atoms with E-state index in [1.165, 1.54) is 38.6 Å². The van der Waals surface area contributed by atoms with Crippen LogP contribution in [0.1, 0.15) is 59.3 Å². The van der Waals surface area contributed by atoms with E-state index >= 15 is 0 Å². The molecule has 104 valence electrons. The maximum atomic E-state index is 12.0. The summed E-state index contributed by atoms with van der Waals surface area (Å²) >= 11 is 0. The Labute approximate surface area is 111 Å². The fraction of sp³-hybridized carbons (Fsp3) is 0.933. The molecule has 2 fully saturated rings. The molecule has 1 heterocycles. The first-order valence-corrected chi connectivity index (χ1v) is 7.52. The van der Waals surface area contributed by atoms with E-state index in [2.05, 4.69) is 10.2 Å². The summed E-state index contributed by atoms with van der Waals surface area (Å²) in [5.74, 6) is 0.193. The van der Waals surface area contributed by atoms with E-state index in [4.69, 9.17) is 0 Å². The normalized spacial score (nSPS) is 27.4. The van der Waals surface area contributed by atoms with Crippen molar-refractivity contribution < 1.29 is 4.79 Å². The van der Waals surface area contributed by atoms with Crippen LogP contribution < -0.4 is 5.32 Å². The van der Waals surface area contributed by atoms with Crippen LogP contribution in [0.15, 0.2) is 0 Å². The molecule has 1 aliphatic carbocycles. The predicted molar refractivity (Wildman–Crippen MR) is 74.4 cm³/mol. The molecule has 0 spiro atoms. The maximum Gasteiger partial charge on any atom is 0.225 e. The van der Waals surface area contributed by atoms with E-state index in [0.29, 0.717) is 6.04 Å². The first kappa shape index (κ1) is 13.9. The second-order valence-electron chi connectivity index (χ2n) is 7.00. The second-order valence-corrected chi connectivity index (χ2v) is 7.00. The molecule has 3 nitrogen and oxygen atoms in total. The third kappa shape index (κ3) is 3.47. The van der Waals surface area contributed by atoms with Crippen molar-refractivity contribution in [2.24, 2.45) is 5.41 Å². The van der Waals surface area contributed by atoms with Crippen LogP contribution >= 0.6 is 0 Å². The third-order valence-electron chi connectivity index (χ3n) is 4.33. The summed E-state index contributed by atoms with van der Waals surface area (Å²) in [7, 11) is 0. The van der Waals surface area contributed by atoms with E-state index in [1.807, 2.05) is 20.8 Å². The van der Waals surface area contributed by atoms with E-state index in [1.54, 1.807) is 0 Å².